The number of hydrogen-bond donors (Lipinski definition) is 1. The zero-order valence-electron chi connectivity index (χ0n) is 17.5. The Kier molecular flexibility index (Phi) is 9.77. The maximum atomic E-state index is 12.2. The van der Waals surface area contributed by atoms with Crippen molar-refractivity contribution in [1.82, 2.24) is 10.3 Å². The van der Waals surface area contributed by atoms with E-state index in [1.165, 1.54) is 25.7 Å². The Morgan fingerprint density at radius 1 is 1.21 bits per heavy atom. The number of oxazole rings is 1. The fraction of sp³-hybridized carbons (Fsp3) is 0.565. The molecule has 0 fully saturated rings. The van der Waals surface area contributed by atoms with Crippen molar-refractivity contribution < 1.29 is 13.9 Å². The van der Waals surface area contributed by atoms with Crippen molar-refractivity contribution in [2.75, 3.05) is 19.8 Å². The first-order valence-electron chi connectivity index (χ1n) is 10.5. The first-order valence-corrected chi connectivity index (χ1v) is 10.5. The molecule has 1 heterocycles. The number of hydrogen-bond acceptors (Lipinski definition) is 4. The van der Waals surface area contributed by atoms with Crippen LogP contribution in [0.15, 0.2) is 34.7 Å². The molecule has 5 nitrogen and oxygen atoms in total. The Balaban J connectivity index is 1.66. The summed E-state index contributed by atoms with van der Waals surface area (Å²) in [6, 6.07) is 9.72. The molecule has 2 rings (SSSR count). The van der Waals surface area contributed by atoms with E-state index >= 15 is 0 Å². The van der Waals surface area contributed by atoms with Crippen molar-refractivity contribution in [1.29, 1.82) is 0 Å². The average Bonchev–Trinajstić information content (AvgIpc) is 3.07. The molecule has 2 aromatic rings. The Morgan fingerprint density at radius 2 is 2.00 bits per heavy atom. The molecule has 0 aliphatic carbocycles. The summed E-state index contributed by atoms with van der Waals surface area (Å²) in [5, 5.41) is 2.94. The van der Waals surface area contributed by atoms with Gasteiger partial charge in [-0.1, -0.05) is 51.3 Å². The number of unbranched alkanes of at least 4 members (excludes halogenated alkanes) is 1. The quantitative estimate of drug-likeness (QED) is 0.496. The molecule has 1 atom stereocenters. The van der Waals surface area contributed by atoms with E-state index < -0.39 is 0 Å². The molecule has 154 valence electrons. The summed E-state index contributed by atoms with van der Waals surface area (Å²) in [6.07, 6.45) is 5.97. The average molecular weight is 387 g/mol. The predicted octanol–water partition coefficient (Wildman–Crippen LogP) is 4.93. The molecular weight excluding hydrogens is 352 g/mol. The van der Waals surface area contributed by atoms with E-state index in [4.69, 9.17) is 9.15 Å². The van der Waals surface area contributed by atoms with Crippen LogP contribution in [0.25, 0.3) is 11.5 Å². The largest absolute Gasteiger partial charge is 0.441 e. The summed E-state index contributed by atoms with van der Waals surface area (Å²) < 4.78 is 11.5. The summed E-state index contributed by atoms with van der Waals surface area (Å²) in [7, 11) is 0. The van der Waals surface area contributed by atoms with Crippen molar-refractivity contribution in [3.8, 4) is 11.5 Å². The van der Waals surface area contributed by atoms with E-state index in [2.05, 4.69) is 24.1 Å². The number of benzene rings is 1. The lowest BCUT2D eigenvalue weighted by Crippen LogP contribution is -2.27. The summed E-state index contributed by atoms with van der Waals surface area (Å²) in [6.45, 7) is 8.42. The van der Waals surface area contributed by atoms with Crippen LogP contribution in [-0.2, 0) is 16.0 Å². The van der Waals surface area contributed by atoms with Gasteiger partial charge in [0.2, 0.25) is 11.8 Å². The van der Waals surface area contributed by atoms with Crippen molar-refractivity contribution in [3.05, 3.63) is 41.8 Å². The predicted molar refractivity (Wildman–Crippen MR) is 112 cm³/mol. The van der Waals surface area contributed by atoms with Crippen LogP contribution < -0.4 is 5.32 Å². The minimum absolute atomic E-state index is 0.0367. The van der Waals surface area contributed by atoms with Crippen LogP contribution in [0.4, 0.5) is 0 Å². The van der Waals surface area contributed by atoms with E-state index in [1.807, 2.05) is 37.3 Å². The van der Waals surface area contributed by atoms with E-state index in [0.29, 0.717) is 36.4 Å². The number of aryl methyl sites for hydroxylation is 1. The molecule has 0 saturated heterocycles. The highest BCUT2D eigenvalue weighted by atomic mass is 16.5. The Labute approximate surface area is 168 Å². The molecule has 1 aromatic heterocycles. The Hall–Kier alpha value is -2.14. The number of nitrogens with one attached hydrogen (secondary N) is 1. The number of carbonyl (C=O) groups excluding carboxylic acids is 1. The van der Waals surface area contributed by atoms with Gasteiger partial charge < -0.3 is 14.5 Å². The standard InChI is InChI=1S/C23H34N2O3/c1-4-6-11-19(5-2)17-27-15-10-14-24-22(26)16-21-18(3)28-23(25-21)20-12-8-7-9-13-20/h7-9,12-13,19H,4-6,10-11,14-17H2,1-3H3,(H,24,26). The van der Waals surface area contributed by atoms with Crippen molar-refractivity contribution >= 4 is 5.91 Å². The van der Waals surface area contributed by atoms with Crippen LogP contribution in [-0.4, -0.2) is 30.6 Å². The lowest BCUT2D eigenvalue weighted by atomic mass is 10.0. The fourth-order valence-corrected chi connectivity index (χ4v) is 3.06. The van der Waals surface area contributed by atoms with Crippen LogP contribution >= 0.6 is 0 Å². The molecule has 28 heavy (non-hydrogen) atoms. The smallest absolute Gasteiger partial charge is 0.226 e. The van der Waals surface area contributed by atoms with E-state index in [9.17, 15) is 4.79 Å². The number of rotatable bonds is 13. The van der Waals surface area contributed by atoms with Gasteiger partial charge in [-0.15, -0.1) is 0 Å². The second-order valence-corrected chi connectivity index (χ2v) is 7.26. The number of carbonyl (C=O) groups is 1. The second-order valence-electron chi connectivity index (χ2n) is 7.26. The monoisotopic (exact) mass is 386 g/mol. The molecule has 0 bridgehead atoms. The fourth-order valence-electron chi connectivity index (χ4n) is 3.06. The summed E-state index contributed by atoms with van der Waals surface area (Å²) in [5.74, 6) is 1.87. The zero-order chi connectivity index (χ0) is 20.2. The van der Waals surface area contributed by atoms with Gasteiger partial charge in [0.25, 0.3) is 0 Å². The van der Waals surface area contributed by atoms with Gasteiger partial charge in [0.1, 0.15) is 5.76 Å². The number of aromatic nitrogens is 1. The zero-order valence-corrected chi connectivity index (χ0v) is 17.5. The van der Waals surface area contributed by atoms with Gasteiger partial charge in [-0.3, -0.25) is 4.79 Å². The molecule has 0 aliphatic heterocycles. The van der Waals surface area contributed by atoms with Crippen molar-refractivity contribution in [2.45, 2.75) is 59.3 Å². The van der Waals surface area contributed by atoms with Gasteiger partial charge in [-0.25, -0.2) is 4.98 Å². The van der Waals surface area contributed by atoms with Gasteiger partial charge in [-0.05, 0) is 37.8 Å². The highest BCUT2D eigenvalue weighted by Crippen LogP contribution is 2.21. The minimum atomic E-state index is -0.0367. The van der Waals surface area contributed by atoms with Gasteiger partial charge in [0, 0.05) is 25.3 Å². The molecule has 0 radical (unpaired) electrons. The van der Waals surface area contributed by atoms with Gasteiger partial charge in [-0.2, -0.15) is 0 Å². The molecule has 0 aliphatic rings. The molecular formula is C23H34N2O3. The summed E-state index contributed by atoms with van der Waals surface area (Å²) in [5.41, 5.74) is 1.60. The maximum absolute atomic E-state index is 12.2. The van der Waals surface area contributed by atoms with Gasteiger partial charge in [0.15, 0.2) is 0 Å². The normalized spacial score (nSPS) is 12.1. The van der Waals surface area contributed by atoms with Crippen LogP contribution in [0.3, 0.4) is 0 Å². The van der Waals surface area contributed by atoms with E-state index in [1.54, 1.807) is 0 Å². The SMILES string of the molecule is CCCCC(CC)COCCCNC(=O)Cc1nc(-c2ccccc2)oc1C. The Bertz CT molecular complexity index is 697. The molecule has 1 unspecified atom stereocenters. The number of ether oxygens (including phenoxy) is 1. The van der Waals surface area contributed by atoms with E-state index in [0.717, 1.165) is 18.6 Å². The molecule has 1 aromatic carbocycles. The van der Waals surface area contributed by atoms with Crippen LogP contribution in [0, 0.1) is 12.8 Å². The summed E-state index contributed by atoms with van der Waals surface area (Å²) >= 11 is 0. The molecule has 1 N–H and O–H groups in total. The topological polar surface area (TPSA) is 64.4 Å². The number of amides is 1. The first-order chi connectivity index (χ1) is 13.6. The van der Waals surface area contributed by atoms with Crippen molar-refractivity contribution in [2.24, 2.45) is 5.92 Å². The van der Waals surface area contributed by atoms with Crippen molar-refractivity contribution in [3.63, 3.8) is 0 Å². The molecule has 1 amide bonds. The molecule has 0 saturated carbocycles. The third kappa shape index (κ3) is 7.47. The lowest BCUT2D eigenvalue weighted by Gasteiger charge is -2.14. The Morgan fingerprint density at radius 3 is 2.71 bits per heavy atom. The maximum Gasteiger partial charge on any atom is 0.226 e. The lowest BCUT2D eigenvalue weighted by molar-refractivity contribution is -0.120. The molecule has 5 heteroatoms. The van der Waals surface area contributed by atoms with Crippen LogP contribution in [0.1, 0.15) is 57.4 Å². The third-order valence-corrected chi connectivity index (χ3v) is 4.93. The third-order valence-electron chi connectivity index (χ3n) is 4.93. The summed E-state index contributed by atoms with van der Waals surface area (Å²) in [4.78, 5) is 16.7. The first kappa shape index (κ1) is 22.2. The van der Waals surface area contributed by atoms with Crippen LogP contribution in [0.2, 0.25) is 0 Å². The second kappa shape index (κ2) is 12.3. The van der Waals surface area contributed by atoms with Crippen LogP contribution in [0.5, 0.6) is 0 Å². The highest BCUT2D eigenvalue weighted by molar-refractivity contribution is 5.78. The minimum Gasteiger partial charge on any atom is -0.441 e. The highest BCUT2D eigenvalue weighted by Gasteiger charge is 2.14. The van der Waals surface area contributed by atoms with Gasteiger partial charge in [0.05, 0.1) is 12.1 Å². The van der Waals surface area contributed by atoms with Gasteiger partial charge >= 0.3 is 0 Å². The molecule has 0 spiro atoms. The van der Waals surface area contributed by atoms with E-state index in [-0.39, 0.29) is 12.3 Å². The number of nitrogens with zero attached hydrogens (tertiary/aromatic N) is 1.